The molecule has 152 valence electrons. The van der Waals surface area contributed by atoms with E-state index in [1.807, 2.05) is 18.2 Å². The highest BCUT2D eigenvalue weighted by Crippen LogP contribution is 2.28. The number of hydrogen-bond acceptors (Lipinski definition) is 5. The van der Waals surface area contributed by atoms with Crippen molar-refractivity contribution in [3.05, 3.63) is 53.6 Å². The molecule has 3 amide bonds. The van der Waals surface area contributed by atoms with Crippen LogP contribution < -0.4 is 20.1 Å². The lowest BCUT2D eigenvalue weighted by Gasteiger charge is -2.13. The number of carbonyl (C=O) groups is 2. The third kappa shape index (κ3) is 4.84. The van der Waals surface area contributed by atoms with Crippen molar-refractivity contribution >= 4 is 23.3 Å². The van der Waals surface area contributed by atoms with Crippen molar-refractivity contribution in [1.29, 1.82) is 0 Å². The second kappa shape index (κ2) is 9.09. The molecule has 2 N–H and O–H groups in total. The van der Waals surface area contributed by atoms with Gasteiger partial charge in [-0.05, 0) is 35.4 Å². The minimum atomic E-state index is -0.275. The normalized spacial score (nSPS) is 12.9. The number of hydrazone groups is 1. The summed E-state index contributed by atoms with van der Waals surface area (Å²) in [4.78, 5) is 24.0. The highest BCUT2D eigenvalue weighted by Gasteiger charge is 2.22. The summed E-state index contributed by atoms with van der Waals surface area (Å²) in [5, 5.41) is 11.2. The summed E-state index contributed by atoms with van der Waals surface area (Å²) >= 11 is 0. The van der Waals surface area contributed by atoms with Gasteiger partial charge in [-0.2, -0.15) is 5.10 Å². The smallest absolute Gasteiger partial charge is 0.318 e. The number of amides is 3. The summed E-state index contributed by atoms with van der Waals surface area (Å²) in [5.74, 6) is 1.14. The zero-order valence-corrected chi connectivity index (χ0v) is 16.7. The van der Waals surface area contributed by atoms with Crippen molar-refractivity contribution in [1.82, 2.24) is 10.3 Å². The van der Waals surface area contributed by atoms with Crippen molar-refractivity contribution in [2.45, 2.75) is 12.8 Å². The molecule has 3 rings (SSSR count). The number of hydrogen-bond donors (Lipinski definition) is 2. The monoisotopic (exact) mass is 396 g/mol. The molecule has 0 radical (unpaired) electrons. The first-order chi connectivity index (χ1) is 14.0. The highest BCUT2D eigenvalue weighted by molar-refractivity contribution is 6.03. The van der Waals surface area contributed by atoms with E-state index in [2.05, 4.69) is 15.7 Å². The summed E-state index contributed by atoms with van der Waals surface area (Å²) in [5.41, 5.74) is 3.29. The molecule has 1 aliphatic heterocycles. The van der Waals surface area contributed by atoms with Crippen LogP contribution in [0.1, 0.15) is 17.5 Å². The minimum absolute atomic E-state index is 0.0786. The third-order valence-electron chi connectivity index (χ3n) is 4.60. The molecule has 2 aromatic rings. The molecule has 0 unspecified atom stereocenters. The number of benzene rings is 2. The van der Waals surface area contributed by atoms with E-state index in [0.29, 0.717) is 30.2 Å². The first-order valence-electron chi connectivity index (χ1n) is 9.22. The Morgan fingerprint density at radius 2 is 1.79 bits per heavy atom. The van der Waals surface area contributed by atoms with Crippen LogP contribution in [0.3, 0.4) is 0 Å². The van der Waals surface area contributed by atoms with Crippen LogP contribution in [0.4, 0.5) is 10.5 Å². The van der Waals surface area contributed by atoms with Gasteiger partial charge >= 0.3 is 6.03 Å². The van der Waals surface area contributed by atoms with Gasteiger partial charge in [0.2, 0.25) is 5.91 Å². The zero-order valence-electron chi connectivity index (χ0n) is 16.7. The van der Waals surface area contributed by atoms with Gasteiger partial charge in [0.1, 0.15) is 0 Å². The number of rotatable bonds is 6. The maximum absolute atomic E-state index is 12.6. The number of nitrogens with zero attached hydrogens (tertiary/aromatic N) is 2. The summed E-state index contributed by atoms with van der Waals surface area (Å²) in [6, 6.07) is 12.5. The lowest BCUT2D eigenvalue weighted by molar-refractivity contribution is -0.130. The lowest BCUT2D eigenvalue weighted by Crippen LogP contribution is -2.25. The largest absolute Gasteiger partial charge is 0.493 e. The summed E-state index contributed by atoms with van der Waals surface area (Å²) in [7, 11) is 4.70. The van der Waals surface area contributed by atoms with Crippen LogP contribution in [0.25, 0.3) is 0 Å². The first-order valence-corrected chi connectivity index (χ1v) is 9.22. The third-order valence-corrected chi connectivity index (χ3v) is 4.60. The zero-order chi connectivity index (χ0) is 20.8. The lowest BCUT2D eigenvalue weighted by atomic mass is 10.1. The SMILES string of the molecule is CNC(=O)Nc1ccc(C2=NN(C(=O)Cc3ccc(OC)c(OC)c3)CC2)cc1. The molecule has 8 nitrogen and oxygen atoms in total. The summed E-state index contributed by atoms with van der Waals surface area (Å²) in [6.45, 7) is 0.541. The molecule has 0 fully saturated rings. The topological polar surface area (TPSA) is 92.3 Å². The molecule has 0 aliphatic carbocycles. The summed E-state index contributed by atoms with van der Waals surface area (Å²) < 4.78 is 10.5. The van der Waals surface area contributed by atoms with Crippen LogP contribution in [-0.2, 0) is 11.2 Å². The van der Waals surface area contributed by atoms with Crippen LogP contribution in [0, 0.1) is 0 Å². The van der Waals surface area contributed by atoms with Crippen molar-refractivity contribution in [3.63, 3.8) is 0 Å². The van der Waals surface area contributed by atoms with Gasteiger partial charge in [-0.15, -0.1) is 0 Å². The average molecular weight is 396 g/mol. The quantitative estimate of drug-likeness (QED) is 0.785. The Morgan fingerprint density at radius 1 is 1.07 bits per heavy atom. The second-order valence-corrected chi connectivity index (χ2v) is 6.46. The number of methoxy groups -OCH3 is 2. The molecule has 1 heterocycles. The predicted molar refractivity (Wildman–Crippen MR) is 111 cm³/mol. The van der Waals surface area contributed by atoms with Gasteiger partial charge in [0.25, 0.3) is 0 Å². The van der Waals surface area contributed by atoms with Crippen molar-refractivity contribution < 1.29 is 19.1 Å². The number of urea groups is 1. The standard InChI is InChI=1S/C21H24N4O4/c1-22-21(27)23-16-7-5-15(6-8-16)17-10-11-25(24-17)20(26)13-14-4-9-18(28-2)19(12-14)29-3/h4-9,12H,10-11,13H2,1-3H3,(H2,22,23,27). The first kappa shape index (κ1) is 20.2. The molecule has 0 saturated heterocycles. The molecule has 0 bridgehead atoms. The van der Waals surface area contributed by atoms with E-state index in [0.717, 1.165) is 16.8 Å². The van der Waals surface area contributed by atoms with Gasteiger partial charge in [0.15, 0.2) is 11.5 Å². The maximum atomic E-state index is 12.6. The molecule has 29 heavy (non-hydrogen) atoms. The molecular weight excluding hydrogens is 372 g/mol. The van der Waals surface area contributed by atoms with E-state index in [-0.39, 0.29) is 18.4 Å². The van der Waals surface area contributed by atoms with Crippen molar-refractivity contribution in [3.8, 4) is 11.5 Å². The second-order valence-electron chi connectivity index (χ2n) is 6.46. The molecule has 0 saturated carbocycles. The van der Waals surface area contributed by atoms with Gasteiger partial charge in [-0.3, -0.25) is 4.79 Å². The molecule has 2 aromatic carbocycles. The van der Waals surface area contributed by atoms with Crippen LogP contribution in [0.2, 0.25) is 0 Å². The fraction of sp³-hybridized carbons (Fsp3) is 0.286. The number of ether oxygens (including phenoxy) is 2. The number of anilines is 1. The van der Waals surface area contributed by atoms with Crippen LogP contribution in [-0.4, -0.2) is 50.5 Å². The Balaban J connectivity index is 1.66. The minimum Gasteiger partial charge on any atom is -0.493 e. The Hall–Kier alpha value is -3.55. The highest BCUT2D eigenvalue weighted by atomic mass is 16.5. The van der Waals surface area contributed by atoms with E-state index in [1.165, 1.54) is 5.01 Å². The van der Waals surface area contributed by atoms with E-state index in [9.17, 15) is 9.59 Å². The maximum Gasteiger partial charge on any atom is 0.318 e. The molecule has 0 atom stereocenters. The van der Waals surface area contributed by atoms with Crippen molar-refractivity contribution in [2.75, 3.05) is 33.1 Å². The fourth-order valence-corrected chi connectivity index (χ4v) is 3.04. The van der Waals surface area contributed by atoms with Crippen LogP contribution in [0.5, 0.6) is 11.5 Å². The predicted octanol–water partition coefficient (Wildman–Crippen LogP) is 2.63. The summed E-state index contributed by atoms with van der Waals surface area (Å²) in [6.07, 6.45) is 0.909. The van der Waals surface area contributed by atoms with Crippen LogP contribution in [0.15, 0.2) is 47.6 Å². The molecular formula is C21H24N4O4. The van der Waals surface area contributed by atoms with E-state index in [1.54, 1.807) is 45.5 Å². The Labute approximate surface area is 169 Å². The van der Waals surface area contributed by atoms with Crippen LogP contribution >= 0.6 is 0 Å². The molecule has 8 heteroatoms. The van der Waals surface area contributed by atoms with Gasteiger partial charge in [-0.1, -0.05) is 18.2 Å². The molecule has 0 spiro atoms. The van der Waals surface area contributed by atoms with Gasteiger partial charge < -0.3 is 20.1 Å². The number of nitrogens with one attached hydrogen (secondary N) is 2. The molecule has 1 aliphatic rings. The Kier molecular flexibility index (Phi) is 6.33. The Bertz CT molecular complexity index is 925. The molecule has 0 aromatic heterocycles. The number of carbonyl (C=O) groups excluding carboxylic acids is 2. The van der Waals surface area contributed by atoms with Gasteiger partial charge in [0, 0.05) is 19.2 Å². The fourth-order valence-electron chi connectivity index (χ4n) is 3.04. The average Bonchev–Trinajstić information content (AvgIpc) is 3.24. The van der Waals surface area contributed by atoms with Gasteiger partial charge in [-0.25, -0.2) is 9.80 Å². The Morgan fingerprint density at radius 3 is 2.45 bits per heavy atom. The van der Waals surface area contributed by atoms with Gasteiger partial charge in [0.05, 0.1) is 32.9 Å². The van der Waals surface area contributed by atoms with E-state index < -0.39 is 0 Å². The van der Waals surface area contributed by atoms with E-state index >= 15 is 0 Å². The van der Waals surface area contributed by atoms with E-state index in [4.69, 9.17) is 9.47 Å². The van der Waals surface area contributed by atoms with Crippen molar-refractivity contribution in [2.24, 2.45) is 5.10 Å².